The molecule has 0 aliphatic rings. The Morgan fingerprint density at radius 3 is 2.48 bits per heavy atom. The van der Waals surface area contributed by atoms with Gasteiger partial charge in [0.25, 0.3) is 5.56 Å². The fourth-order valence-corrected chi connectivity index (χ4v) is 2.24. The summed E-state index contributed by atoms with van der Waals surface area (Å²) in [6, 6.07) is 10.5. The number of aromatic nitrogens is 3. The molecule has 2 heterocycles. The van der Waals surface area contributed by atoms with Gasteiger partial charge in [0.15, 0.2) is 0 Å². The number of halogens is 1. The number of nitrogens with zero attached hydrogens (tertiary/aromatic N) is 2. The van der Waals surface area contributed by atoms with Crippen molar-refractivity contribution in [1.29, 1.82) is 0 Å². The molecule has 0 aliphatic carbocycles. The molecule has 0 atom stereocenters. The highest BCUT2D eigenvalue weighted by molar-refractivity contribution is 9.10. The topological polar surface area (TPSA) is 78.9 Å². The first-order chi connectivity index (χ1) is 10.1. The summed E-state index contributed by atoms with van der Waals surface area (Å²) < 4.78 is 0.891. The quantitative estimate of drug-likeness (QED) is 0.749. The van der Waals surface area contributed by atoms with Crippen molar-refractivity contribution in [3.63, 3.8) is 0 Å². The van der Waals surface area contributed by atoms with Crippen LogP contribution in [-0.2, 0) is 0 Å². The molecule has 0 aliphatic heterocycles. The summed E-state index contributed by atoms with van der Waals surface area (Å²) >= 11 is 3.33. The lowest BCUT2D eigenvalue weighted by Crippen LogP contribution is -2.12. The van der Waals surface area contributed by atoms with E-state index in [0.29, 0.717) is 11.1 Å². The van der Waals surface area contributed by atoms with Crippen molar-refractivity contribution >= 4 is 15.9 Å². The van der Waals surface area contributed by atoms with Crippen molar-refractivity contribution in [2.75, 3.05) is 0 Å². The highest BCUT2D eigenvalue weighted by atomic mass is 79.9. The van der Waals surface area contributed by atoms with Crippen LogP contribution in [0.25, 0.3) is 22.5 Å². The molecule has 2 N–H and O–H groups in total. The predicted octanol–water partition coefficient (Wildman–Crippen LogP) is 2.97. The largest absolute Gasteiger partial charge is 0.493 e. The average Bonchev–Trinajstić information content (AvgIpc) is 2.49. The van der Waals surface area contributed by atoms with Crippen LogP contribution in [0.15, 0.2) is 58.1 Å². The molecule has 0 spiro atoms. The van der Waals surface area contributed by atoms with Crippen LogP contribution in [0.4, 0.5) is 0 Å². The Kier molecular flexibility index (Phi) is 3.53. The maximum absolute atomic E-state index is 12.2. The number of pyridine rings is 1. The Morgan fingerprint density at radius 1 is 1.10 bits per heavy atom. The number of nitrogens with one attached hydrogen (secondary N) is 1. The van der Waals surface area contributed by atoms with Gasteiger partial charge >= 0.3 is 0 Å². The molecular weight excluding hydrogens is 334 g/mol. The van der Waals surface area contributed by atoms with Crippen molar-refractivity contribution in [2.45, 2.75) is 0 Å². The maximum atomic E-state index is 12.2. The van der Waals surface area contributed by atoms with E-state index in [9.17, 15) is 9.90 Å². The van der Waals surface area contributed by atoms with Crippen LogP contribution in [0.1, 0.15) is 0 Å². The van der Waals surface area contributed by atoms with Crippen LogP contribution in [0.5, 0.6) is 5.88 Å². The lowest BCUT2D eigenvalue weighted by atomic mass is 10.1. The molecule has 3 rings (SSSR count). The van der Waals surface area contributed by atoms with E-state index in [1.807, 2.05) is 0 Å². The number of hydrogen-bond acceptors (Lipinski definition) is 4. The monoisotopic (exact) mass is 343 g/mol. The summed E-state index contributed by atoms with van der Waals surface area (Å²) in [4.78, 5) is 22.9. The third-order valence-electron chi connectivity index (χ3n) is 2.97. The van der Waals surface area contributed by atoms with E-state index >= 15 is 0 Å². The molecular formula is C15H10BrN3O2. The Balaban J connectivity index is 2.13. The minimum absolute atomic E-state index is 0.148. The lowest BCUT2D eigenvalue weighted by Gasteiger charge is -2.06. The molecule has 104 valence electrons. The summed E-state index contributed by atoms with van der Waals surface area (Å²) in [6.07, 6.45) is 3.19. The van der Waals surface area contributed by atoms with Crippen LogP contribution in [0.3, 0.4) is 0 Å². The van der Waals surface area contributed by atoms with E-state index in [-0.39, 0.29) is 17.3 Å². The van der Waals surface area contributed by atoms with Gasteiger partial charge in [-0.15, -0.1) is 0 Å². The van der Waals surface area contributed by atoms with Crippen LogP contribution in [0, 0.1) is 0 Å². The fraction of sp³-hybridized carbons (Fsp3) is 0. The van der Waals surface area contributed by atoms with Crippen molar-refractivity contribution in [3.05, 3.63) is 63.6 Å². The van der Waals surface area contributed by atoms with Crippen LogP contribution in [-0.4, -0.2) is 20.1 Å². The molecule has 0 saturated heterocycles. The smallest absolute Gasteiger partial charge is 0.262 e. The van der Waals surface area contributed by atoms with Gasteiger partial charge in [0.1, 0.15) is 11.4 Å². The van der Waals surface area contributed by atoms with E-state index in [4.69, 9.17) is 0 Å². The number of hydrogen-bond donors (Lipinski definition) is 2. The number of aromatic amines is 1. The second-order valence-corrected chi connectivity index (χ2v) is 5.28. The molecule has 2 aromatic heterocycles. The molecule has 0 unspecified atom stereocenters. The normalized spacial score (nSPS) is 10.5. The van der Waals surface area contributed by atoms with Gasteiger partial charge in [0, 0.05) is 22.4 Å². The molecule has 6 heteroatoms. The van der Waals surface area contributed by atoms with Gasteiger partial charge in [-0.05, 0) is 29.8 Å². The lowest BCUT2D eigenvalue weighted by molar-refractivity contribution is 0.454. The van der Waals surface area contributed by atoms with E-state index in [1.165, 1.54) is 0 Å². The Labute approximate surface area is 128 Å². The van der Waals surface area contributed by atoms with Crippen LogP contribution >= 0.6 is 15.9 Å². The van der Waals surface area contributed by atoms with Gasteiger partial charge in [0.2, 0.25) is 5.88 Å². The highest BCUT2D eigenvalue weighted by Gasteiger charge is 2.13. The summed E-state index contributed by atoms with van der Waals surface area (Å²) in [7, 11) is 0. The zero-order valence-electron chi connectivity index (χ0n) is 10.7. The third kappa shape index (κ3) is 2.71. The average molecular weight is 344 g/mol. The summed E-state index contributed by atoms with van der Waals surface area (Å²) in [5.74, 6) is -0.0219. The zero-order valence-corrected chi connectivity index (χ0v) is 12.3. The van der Waals surface area contributed by atoms with E-state index in [0.717, 1.165) is 4.47 Å². The number of aromatic hydroxyl groups is 1. The molecule has 5 nitrogen and oxygen atoms in total. The Hall–Kier alpha value is -2.47. The van der Waals surface area contributed by atoms with Crippen molar-refractivity contribution in [2.24, 2.45) is 0 Å². The number of H-pyrrole nitrogens is 1. The first kappa shape index (κ1) is 13.5. The van der Waals surface area contributed by atoms with Gasteiger partial charge in [0.05, 0.1) is 0 Å². The fourth-order valence-electron chi connectivity index (χ4n) is 1.98. The second-order valence-electron chi connectivity index (χ2n) is 4.36. The molecule has 0 bridgehead atoms. The van der Waals surface area contributed by atoms with Crippen LogP contribution < -0.4 is 5.56 Å². The molecule has 0 radical (unpaired) electrons. The summed E-state index contributed by atoms with van der Waals surface area (Å²) in [5, 5.41) is 10.1. The van der Waals surface area contributed by atoms with Crippen molar-refractivity contribution in [3.8, 4) is 28.4 Å². The Morgan fingerprint density at radius 2 is 1.86 bits per heavy atom. The molecule has 0 amide bonds. The minimum Gasteiger partial charge on any atom is -0.493 e. The van der Waals surface area contributed by atoms with Gasteiger partial charge in [-0.3, -0.25) is 9.78 Å². The van der Waals surface area contributed by atoms with Crippen LogP contribution in [0.2, 0.25) is 0 Å². The Bertz CT molecular complexity index is 830. The predicted molar refractivity (Wildman–Crippen MR) is 82.9 cm³/mol. The molecule has 3 aromatic rings. The maximum Gasteiger partial charge on any atom is 0.262 e. The number of benzene rings is 1. The molecule has 21 heavy (non-hydrogen) atoms. The van der Waals surface area contributed by atoms with Gasteiger partial charge < -0.3 is 10.1 Å². The zero-order chi connectivity index (χ0) is 14.8. The molecule has 1 aromatic carbocycles. The minimum atomic E-state index is -0.399. The third-order valence-corrected chi connectivity index (χ3v) is 3.50. The van der Waals surface area contributed by atoms with Gasteiger partial charge in [-0.25, -0.2) is 0 Å². The van der Waals surface area contributed by atoms with E-state index in [1.54, 1.807) is 48.8 Å². The van der Waals surface area contributed by atoms with Crippen molar-refractivity contribution < 1.29 is 5.11 Å². The van der Waals surface area contributed by atoms with E-state index < -0.39 is 5.56 Å². The van der Waals surface area contributed by atoms with Gasteiger partial charge in [-0.2, -0.15) is 4.98 Å². The first-order valence-electron chi connectivity index (χ1n) is 6.15. The first-order valence-corrected chi connectivity index (χ1v) is 6.94. The standard InChI is InChI=1S/C15H10BrN3O2/c16-11-5-3-9(4-6-11)12-14(20)18-13(19-15(12)21)10-2-1-7-17-8-10/h1-8H,(H2,18,19,20,21). The highest BCUT2D eigenvalue weighted by Crippen LogP contribution is 2.26. The summed E-state index contributed by atoms with van der Waals surface area (Å²) in [6.45, 7) is 0. The van der Waals surface area contributed by atoms with E-state index in [2.05, 4.69) is 30.9 Å². The molecule has 0 saturated carbocycles. The molecule has 0 fully saturated rings. The summed E-state index contributed by atoms with van der Waals surface area (Å²) in [5.41, 5.74) is 0.980. The number of rotatable bonds is 2. The second kappa shape index (κ2) is 5.49. The van der Waals surface area contributed by atoms with Gasteiger partial charge in [-0.1, -0.05) is 28.1 Å². The van der Waals surface area contributed by atoms with Crippen molar-refractivity contribution in [1.82, 2.24) is 15.0 Å². The SMILES string of the molecule is O=c1[nH]c(-c2cccnc2)nc(O)c1-c1ccc(Br)cc1.